The zero-order chi connectivity index (χ0) is 18.2. The molecular formula is C16H14ClN3O5. The first-order valence-corrected chi connectivity index (χ1v) is 7.39. The standard InChI is InChI=1S/C16H14ClN3O5/c1-24-13-5-4-11(17)7-12(13)15(22)20-19-14(21)9-25-16(23)10-3-2-6-18-8-10/h2-8H,9H2,1H3,(H,19,21)(H,20,22). The molecule has 2 N–H and O–H groups in total. The van der Waals surface area contributed by atoms with Crippen LogP contribution >= 0.6 is 11.6 Å². The number of aromatic nitrogens is 1. The number of carbonyl (C=O) groups is 3. The van der Waals surface area contributed by atoms with Crippen molar-refractivity contribution in [3.8, 4) is 5.75 Å². The van der Waals surface area contributed by atoms with E-state index in [-0.39, 0.29) is 11.1 Å². The number of halogens is 1. The number of amides is 2. The second kappa shape index (κ2) is 8.65. The molecule has 0 atom stereocenters. The third kappa shape index (κ3) is 5.18. The Morgan fingerprint density at radius 3 is 2.68 bits per heavy atom. The van der Waals surface area contributed by atoms with Crippen molar-refractivity contribution < 1.29 is 23.9 Å². The fraction of sp³-hybridized carbons (Fsp3) is 0.125. The van der Waals surface area contributed by atoms with Gasteiger partial charge >= 0.3 is 5.97 Å². The lowest BCUT2D eigenvalue weighted by atomic mass is 10.2. The SMILES string of the molecule is COc1ccc(Cl)cc1C(=O)NNC(=O)COC(=O)c1cccnc1. The van der Waals surface area contributed by atoms with Crippen LogP contribution in [0.3, 0.4) is 0 Å². The van der Waals surface area contributed by atoms with Crippen LogP contribution in [0.25, 0.3) is 0 Å². The second-order valence-corrected chi connectivity index (χ2v) is 5.10. The van der Waals surface area contributed by atoms with Crippen molar-refractivity contribution in [2.75, 3.05) is 13.7 Å². The molecule has 0 fully saturated rings. The number of hydrazine groups is 1. The topological polar surface area (TPSA) is 107 Å². The molecule has 0 aliphatic rings. The van der Waals surface area contributed by atoms with Gasteiger partial charge in [0.2, 0.25) is 0 Å². The highest BCUT2D eigenvalue weighted by atomic mass is 35.5. The Balaban J connectivity index is 1.85. The zero-order valence-electron chi connectivity index (χ0n) is 13.1. The molecule has 130 valence electrons. The highest BCUT2D eigenvalue weighted by Crippen LogP contribution is 2.22. The van der Waals surface area contributed by atoms with Crippen molar-refractivity contribution in [2.24, 2.45) is 0 Å². The summed E-state index contributed by atoms with van der Waals surface area (Å²) < 4.78 is 9.85. The number of carbonyl (C=O) groups excluding carboxylic acids is 3. The van der Waals surface area contributed by atoms with E-state index in [9.17, 15) is 14.4 Å². The van der Waals surface area contributed by atoms with E-state index in [1.807, 2.05) is 0 Å². The summed E-state index contributed by atoms with van der Waals surface area (Å²) in [6.45, 7) is -0.569. The number of esters is 1. The normalized spacial score (nSPS) is 9.84. The van der Waals surface area contributed by atoms with Crippen LogP contribution in [0.1, 0.15) is 20.7 Å². The molecule has 1 aromatic heterocycles. The zero-order valence-corrected chi connectivity index (χ0v) is 13.9. The van der Waals surface area contributed by atoms with Gasteiger partial charge in [0.1, 0.15) is 5.75 Å². The van der Waals surface area contributed by atoms with Crippen LogP contribution < -0.4 is 15.6 Å². The maximum atomic E-state index is 12.1. The average molecular weight is 364 g/mol. The minimum Gasteiger partial charge on any atom is -0.496 e. The van der Waals surface area contributed by atoms with E-state index in [4.69, 9.17) is 21.1 Å². The van der Waals surface area contributed by atoms with E-state index in [2.05, 4.69) is 15.8 Å². The Labute approximate surface area is 148 Å². The van der Waals surface area contributed by atoms with Crippen molar-refractivity contribution in [3.63, 3.8) is 0 Å². The first-order valence-electron chi connectivity index (χ1n) is 7.01. The summed E-state index contributed by atoms with van der Waals surface area (Å²) in [6, 6.07) is 7.54. The van der Waals surface area contributed by atoms with E-state index in [1.165, 1.54) is 37.7 Å². The molecule has 2 aromatic rings. The fourth-order valence-electron chi connectivity index (χ4n) is 1.79. The summed E-state index contributed by atoms with van der Waals surface area (Å²) >= 11 is 5.84. The molecule has 0 saturated carbocycles. The van der Waals surface area contributed by atoms with Crippen LogP contribution in [0.15, 0.2) is 42.7 Å². The molecule has 8 nitrogen and oxygen atoms in total. The average Bonchev–Trinajstić information content (AvgIpc) is 2.64. The maximum absolute atomic E-state index is 12.1. The Hall–Kier alpha value is -3.13. The minimum atomic E-state index is -0.716. The molecule has 9 heteroatoms. The maximum Gasteiger partial charge on any atom is 0.340 e. The van der Waals surface area contributed by atoms with Crippen molar-refractivity contribution in [2.45, 2.75) is 0 Å². The van der Waals surface area contributed by atoms with Gasteiger partial charge in [0.25, 0.3) is 11.8 Å². The predicted octanol–water partition coefficient (Wildman–Crippen LogP) is 1.36. The van der Waals surface area contributed by atoms with Gasteiger partial charge in [-0.2, -0.15) is 0 Å². The molecule has 0 spiro atoms. The lowest BCUT2D eigenvalue weighted by Gasteiger charge is -2.11. The number of pyridine rings is 1. The lowest BCUT2D eigenvalue weighted by Crippen LogP contribution is -2.43. The summed E-state index contributed by atoms with van der Waals surface area (Å²) in [6.07, 6.45) is 2.82. The van der Waals surface area contributed by atoms with Gasteiger partial charge in [-0.15, -0.1) is 0 Å². The summed E-state index contributed by atoms with van der Waals surface area (Å²) in [5, 5.41) is 0.336. The third-order valence-corrected chi connectivity index (χ3v) is 3.19. The van der Waals surface area contributed by atoms with Gasteiger partial charge in [-0.25, -0.2) is 4.79 Å². The number of rotatable bonds is 5. The molecule has 0 unspecified atom stereocenters. The second-order valence-electron chi connectivity index (χ2n) is 4.66. The predicted molar refractivity (Wildman–Crippen MR) is 88.1 cm³/mol. The number of hydrogen-bond donors (Lipinski definition) is 2. The minimum absolute atomic E-state index is 0.141. The van der Waals surface area contributed by atoms with Gasteiger partial charge < -0.3 is 9.47 Å². The van der Waals surface area contributed by atoms with Gasteiger partial charge in [0.05, 0.1) is 18.2 Å². The van der Waals surface area contributed by atoms with E-state index in [0.717, 1.165) is 0 Å². The summed E-state index contributed by atoms with van der Waals surface area (Å²) in [7, 11) is 1.40. The number of ether oxygens (including phenoxy) is 2. The highest BCUT2D eigenvalue weighted by molar-refractivity contribution is 6.31. The molecule has 2 amide bonds. The Morgan fingerprint density at radius 1 is 1.20 bits per heavy atom. The summed E-state index contributed by atoms with van der Waals surface area (Å²) in [5.41, 5.74) is 4.66. The van der Waals surface area contributed by atoms with Crippen LogP contribution in [0.4, 0.5) is 0 Å². The third-order valence-electron chi connectivity index (χ3n) is 2.95. The molecule has 0 aliphatic heterocycles. The molecule has 1 heterocycles. The van der Waals surface area contributed by atoms with Gasteiger partial charge in [0.15, 0.2) is 6.61 Å². The molecule has 2 rings (SSSR count). The van der Waals surface area contributed by atoms with E-state index in [0.29, 0.717) is 10.8 Å². The summed E-state index contributed by atoms with van der Waals surface area (Å²) in [4.78, 5) is 39.2. The molecule has 0 bridgehead atoms. The number of methoxy groups -OCH3 is 1. The molecular weight excluding hydrogens is 350 g/mol. The van der Waals surface area contributed by atoms with Crippen LogP contribution in [0.5, 0.6) is 5.75 Å². The lowest BCUT2D eigenvalue weighted by molar-refractivity contribution is -0.125. The quantitative estimate of drug-likeness (QED) is 0.613. The molecule has 1 aromatic carbocycles. The largest absolute Gasteiger partial charge is 0.496 e. The van der Waals surface area contributed by atoms with Crippen LogP contribution in [-0.4, -0.2) is 36.5 Å². The molecule has 0 aliphatic carbocycles. The highest BCUT2D eigenvalue weighted by Gasteiger charge is 2.15. The first-order chi connectivity index (χ1) is 12.0. The number of nitrogens with zero attached hydrogens (tertiary/aromatic N) is 1. The Morgan fingerprint density at radius 2 is 2.00 bits per heavy atom. The van der Waals surface area contributed by atoms with Gasteiger partial charge in [-0.1, -0.05) is 11.6 Å². The molecule has 0 saturated heterocycles. The van der Waals surface area contributed by atoms with E-state index < -0.39 is 24.4 Å². The fourth-order valence-corrected chi connectivity index (χ4v) is 1.96. The number of hydrogen-bond acceptors (Lipinski definition) is 6. The van der Waals surface area contributed by atoms with Crippen LogP contribution in [-0.2, 0) is 9.53 Å². The van der Waals surface area contributed by atoms with Gasteiger partial charge in [0, 0.05) is 17.4 Å². The number of benzene rings is 1. The van der Waals surface area contributed by atoms with Crippen LogP contribution in [0, 0.1) is 0 Å². The Kier molecular flexibility index (Phi) is 6.30. The first kappa shape index (κ1) is 18.2. The van der Waals surface area contributed by atoms with Crippen molar-refractivity contribution in [1.82, 2.24) is 15.8 Å². The summed E-state index contributed by atoms with van der Waals surface area (Å²) in [5.74, 6) is -1.76. The van der Waals surface area contributed by atoms with Crippen molar-refractivity contribution in [3.05, 3.63) is 58.9 Å². The number of nitrogens with one attached hydrogen (secondary N) is 2. The Bertz CT molecular complexity index is 783. The smallest absolute Gasteiger partial charge is 0.340 e. The monoisotopic (exact) mass is 363 g/mol. The van der Waals surface area contributed by atoms with E-state index in [1.54, 1.807) is 12.1 Å². The van der Waals surface area contributed by atoms with Gasteiger partial charge in [-0.05, 0) is 30.3 Å². The van der Waals surface area contributed by atoms with Crippen molar-refractivity contribution >= 4 is 29.4 Å². The van der Waals surface area contributed by atoms with Crippen LogP contribution in [0.2, 0.25) is 5.02 Å². The molecule has 25 heavy (non-hydrogen) atoms. The molecule has 0 radical (unpaired) electrons. The van der Waals surface area contributed by atoms with Crippen molar-refractivity contribution in [1.29, 1.82) is 0 Å². The van der Waals surface area contributed by atoms with Gasteiger partial charge in [-0.3, -0.25) is 25.4 Å². The van der Waals surface area contributed by atoms with E-state index >= 15 is 0 Å².